The standard InChI is InChI=1S/C11H15F3N4O/c1-6(5-19-2)16-11(18-15)17-7-3-8(12)10(14)9(13)4-7/h3-4,6H,5,15H2,1-2H3,(H2,16,17,18). The summed E-state index contributed by atoms with van der Waals surface area (Å²) in [5.74, 6) is 1.17. The van der Waals surface area contributed by atoms with E-state index in [9.17, 15) is 13.2 Å². The summed E-state index contributed by atoms with van der Waals surface area (Å²) in [5, 5.41) is 2.54. The van der Waals surface area contributed by atoms with E-state index in [4.69, 9.17) is 10.6 Å². The minimum absolute atomic E-state index is 0.0160. The Bertz CT molecular complexity index is 444. The first kappa shape index (κ1) is 15.3. The van der Waals surface area contributed by atoms with Crippen LogP contribution in [0.1, 0.15) is 6.92 Å². The number of benzene rings is 1. The van der Waals surface area contributed by atoms with Crippen LogP contribution in [0.4, 0.5) is 18.9 Å². The molecule has 1 unspecified atom stereocenters. The fourth-order valence-corrected chi connectivity index (χ4v) is 1.37. The number of ether oxygens (including phenoxy) is 1. The van der Waals surface area contributed by atoms with E-state index in [1.165, 1.54) is 7.11 Å². The second-order valence-electron chi connectivity index (χ2n) is 3.81. The quantitative estimate of drug-likeness (QED) is 0.255. The van der Waals surface area contributed by atoms with Gasteiger partial charge in [-0.1, -0.05) is 0 Å². The largest absolute Gasteiger partial charge is 0.382 e. The Morgan fingerprint density at radius 1 is 1.37 bits per heavy atom. The number of aliphatic imine (C=N–C) groups is 1. The molecular weight excluding hydrogens is 261 g/mol. The summed E-state index contributed by atoms with van der Waals surface area (Å²) in [6, 6.07) is 1.37. The molecule has 19 heavy (non-hydrogen) atoms. The van der Waals surface area contributed by atoms with Gasteiger partial charge in [0.25, 0.3) is 0 Å². The maximum atomic E-state index is 13.0. The van der Waals surface area contributed by atoms with Crippen molar-refractivity contribution in [2.75, 3.05) is 19.0 Å². The van der Waals surface area contributed by atoms with E-state index in [1.54, 1.807) is 6.92 Å². The SMILES string of the molecule is COCC(C)N=C(NN)Nc1cc(F)c(F)c(F)c1. The van der Waals surface area contributed by atoms with Gasteiger partial charge in [0, 0.05) is 24.9 Å². The van der Waals surface area contributed by atoms with Crippen LogP contribution in [0.15, 0.2) is 17.1 Å². The average molecular weight is 276 g/mol. The topological polar surface area (TPSA) is 71.7 Å². The lowest BCUT2D eigenvalue weighted by molar-refractivity contribution is 0.185. The molecule has 4 N–H and O–H groups in total. The molecule has 0 aromatic heterocycles. The summed E-state index contributed by atoms with van der Waals surface area (Å²) in [6.07, 6.45) is 0. The van der Waals surface area contributed by atoms with Crippen LogP contribution >= 0.6 is 0 Å². The first-order valence-corrected chi connectivity index (χ1v) is 5.42. The molecule has 0 aliphatic rings. The van der Waals surface area contributed by atoms with Crippen LogP contribution in [-0.2, 0) is 4.74 Å². The molecule has 0 bridgehead atoms. The van der Waals surface area contributed by atoms with Crippen molar-refractivity contribution in [3.8, 4) is 0 Å². The van der Waals surface area contributed by atoms with E-state index in [2.05, 4.69) is 15.7 Å². The van der Waals surface area contributed by atoms with Gasteiger partial charge in [-0.25, -0.2) is 24.0 Å². The summed E-state index contributed by atoms with van der Waals surface area (Å²) in [4.78, 5) is 4.07. The predicted molar refractivity (Wildman–Crippen MR) is 66.0 cm³/mol. The maximum Gasteiger partial charge on any atom is 0.210 e. The fourth-order valence-electron chi connectivity index (χ4n) is 1.37. The van der Waals surface area contributed by atoms with Crippen LogP contribution in [0.3, 0.4) is 0 Å². The Kier molecular flexibility index (Phi) is 5.58. The molecule has 1 atom stereocenters. The van der Waals surface area contributed by atoms with Gasteiger partial charge in [0.15, 0.2) is 17.5 Å². The number of hydrogen-bond donors (Lipinski definition) is 3. The highest BCUT2D eigenvalue weighted by atomic mass is 19.2. The van der Waals surface area contributed by atoms with E-state index < -0.39 is 17.5 Å². The van der Waals surface area contributed by atoms with Crippen LogP contribution in [0.2, 0.25) is 0 Å². The van der Waals surface area contributed by atoms with Gasteiger partial charge < -0.3 is 10.1 Å². The smallest absolute Gasteiger partial charge is 0.210 e. The highest BCUT2D eigenvalue weighted by Gasteiger charge is 2.11. The third-order valence-corrected chi connectivity index (χ3v) is 2.14. The van der Waals surface area contributed by atoms with Crippen molar-refractivity contribution in [3.63, 3.8) is 0 Å². The molecule has 0 saturated carbocycles. The van der Waals surface area contributed by atoms with Crippen molar-refractivity contribution < 1.29 is 17.9 Å². The first-order chi connectivity index (χ1) is 8.97. The summed E-state index contributed by atoms with van der Waals surface area (Å²) in [7, 11) is 1.51. The van der Waals surface area contributed by atoms with Crippen molar-refractivity contribution in [1.29, 1.82) is 0 Å². The van der Waals surface area contributed by atoms with E-state index >= 15 is 0 Å². The van der Waals surface area contributed by atoms with Gasteiger partial charge in [-0.3, -0.25) is 5.43 Å². The van der Waals surface area contributed by atoms with Crippen molar-refractivity contribution in [2.24, 2.45) is 10.8 Å². The Morgan fingerprint density at radius 2 is 1.95 bits per heavy atom. The molecule has 0 amide bonds. The molecular formula is C11H15F3N4O. The number of nitrogens with zero attached hydrogens (tertiary/aromatic N) is 1. The Hall–Kier alpha value is -1.80. The molecule has 0 spiro atoms. The van der Waals surface area contributed by atoms with Crippen molar-refractivity contribution >= 4 is 11.6 Å². The Balaban J connectivity index is 2.87. The number of rotatable bonds is 4. The second-order valence-corrected chi connectivity index (χ2v) is 3.81. The minimum Gasteiger partial charge on any atom is -0.382 e. The lowest BCUT2D eigenvalue weighted by Gasteiger charge is -2.12. The number of methoxy groups -OCH3 is 1. The van der Waals surface area contributed by atoms with Crippen molar-refractivity contribution in [3.05, 3.63) is 29.6 Å². The van der Waals surface area contributed by atoms with E-state index in [0.29, 0.717) is 6.61 Å². The third kappa shape index (κ3) is 4.42. The zero-order valence-corrected chi connectivity index (χ0v) is 10.5. The lowest BCUT2D eigenvalue weighted by atomic mass is 10.3. The van der Waals surface area contributed by atoms with Gasteiger partial charge in [0.2, 0.25) is 5.96 Å². The summed E-state index contributed by atoms with van der Waals surface area (Å²) in [6.45, 7) is 2.10. The highest BCUT2D eigenvalue weighted by Crippen LogP contribution is 2.17. The second kappa shape index (κ2) is 6.95. The molecule has 1 aromatic rings. The molecule has 106 valence electrons. The Labute approximate surface area is 108 Å². The predicted octanol–water partition coefficient (Wildman–Crippen LogP) is 1.37. The normalized spacial score (nSPS) is 13.3. The molecule has 0 saturated heterocycles. The number of guanidine groups is 1. The fraction of sp³-hybridized carbons (Fsp3) is 0.364. The van der Waals surface area contributed by atoms with E-state index in [-0.39, 0.29) is 17.7 Å². The minimum atomic E-state index is -1.53. The third-order valence-electron chi connectivity index (χ3n) is 2.14. The number of nitrogens with one attached hydrogen (secondary N) is 2. The zero-order chi connectivity index (χ0) is 14.4. The lowest BCUT2D eigenvalue weighted by Crippen LogP contribution is -2.37. The van der Waals surface area contributed by atoms with Gasteiger partial charge >= 0.3 is 0 Å². The summed E-state index contributed by atoms with van der Waals surface area (Å²) < 4.78 is 43.7. The first-order valence-electron chi connectivity index (χ1n) is 5.42. The molecule has 0 aliphatic carbocycles. The number of hydrazine groups is 1. The molecule has 0 aliphatic heterocycles. The number of anilines is 1. The molecule has 0 fully saturated rings. The van der Waals surface area contributed by atoms with Gasteiger partial charge in [0.05, 0.1) is 12.6 Å². The van der Waals surface area contributed by atoms with Crippen LogP contribution in [0.25, 0.3) is 0 Å². The van der Waals surface area contributed by atoms with Crippen LogP contribution in [-0.4, -0.2) is 25.7 Å². The molecule has 8 heteroatoms. The zero-order valence-electron chi connectivity index (χ0n) is 10.5. The molecule has 1 rings (SSSR count). The van der Waals surface area contributed by atoms with Crippen molar-refractivity contribution in [1.82, 2.24) is 5.43 Å². The maximum absolute atomic E-state index is 13.0. The number of halogens is 3. The molecule has 0 radical (unpaired) electrons. The monoisotopic (exact) mass is 276 g/mol. The van der Waals surface area contributed by atoms with E-state index in [0.717, 1.165) is 12.1 Å². The molecule has 1 aromatic carbocycles. The van der Waals surface area contributed by atoms with Gasteiger partial charge in [-0.15, -0.1) is 0 Å². The van der Waals surface area contributed by atoms with Gasteiger partial charge in [-0.05, 0) is 6.92 Å². The summed E-state index contributed by atoms with van der Waals surface area (Å²) >= 11 is 0. The van der Waals surface area contributed by atoms with Gasteiger partial charge in [-0.2, -0.15) is 0 Å². The van der Waals surface area contributed by atoms with Gasteiger partial charge in [0.1, 0.15) is 0 Å². The summed E-state index contributed by atoms with van der Waals surface area (Å²) in [5.41, 5.74) is 2.22. The average Bonchev–Trinajstić information content (AvgIpc) is 2.35. The van der Waals surface area contributed by atoms with Crippen molar-refractivity contribution in [2.45, 2.75) is 13.0 Å². The molecule has 5 nitrogen and oxygen atoms in total. The van der Waals surface area contributed by atoms with Crippen LogP contribution in [0, 0.1) is 17.5 Å². The highest BCUT2D eigenvalue weighted by molar-refractivity contribution is 5.93. The number of nitrogens with two attached hydrogens (primary N) is 1. The van der Waals surface area contributed by atoms with Crippen LogP contribution < -0.4 is 16.6 Å². The van der Waals surface area contributed by atoms with E-state index in [1.807, 2.05) is 0 Å². The van der Waals surface area contributed by atoms with Crippen LogP contribution in [0.5, 0.6) is 0 Å². The number of hydrogen-bond acceptors (Lipinski definition) is 3. The molecule has 0 heterocycles. The Morgan fingerprint density at radius 3 is 2.42 bits per heavy atom.